The van der Waals surface area contributed by atoms with E-state index in [-0.39, 0.29) is 12.5 Å². The Morgan fingerprint density at radius 2 is 1.90 bits per heavy atom. The van der Waals surface area contributed by atoms with Gasteiger partial charge in [-0.05, 0) is 37.1 Å². The van der Waals surface area contributed by atoms with Gasteiger partial charge >= 0.3 is 0 Å². The van der Waals surface area contributed by atoms with Crippen LogP contribution in [0.25, 0.3) is 0 Å². The second-order valence-corrected chi connectivity index (χ2v) is 6.50. The van der Waals surface area contributed by atoms with Gasteiger partial charge in [0.25, 0.3) is 5.91 Å². The average molecular weight is 398 g/mol. The molecule has 0 aromatic heterocycles. The minimum absolute atomic E-state index is 0.132. The Morgan fingerprint density at radius 3 is 2.69 bits per heavy atom. The molecule has 1 heterocycles. The number of hydrogen-bond donors (Lipinski definition) is 1. The van der Waals surface area contributed by atoms with E-state index in [4.69, 9.17) is 18.9 Å². The molecule has 0 saturated carbocycles. The highest BCUT2D eigenvalue weighted by Gasteiger charge is 2.27. The van der Waals surface area contributed by atoms with Gasteiger partial charge in [0.2, 0.25) is 6.10 Å². The molecule has 0 unspecified atom stereocenters. The van der Waals surface area contributed by atoms with E-state index < -0.39 is 6.10 Å². The van der Waals surface area contributed by atoms with Gasteiger partial charge in [0.05, 0.1) is 19.4 Å². The summed E-state index contributed by atoms with van der Waals surface area (Å²) in [6.45, 7) is 5.45. The van der Waals surface area contributed by atoms with Gasteiger partial charge in [-0.2, -0.15) is 5.10 Å². The number of rotatable bonds is 9. The van der Waals surface area contributed by atoms with Crippen molar-refractivity contribution in [2.24, 2.45) is 5.10 Å². The Hall–Kier alpha value is -3.22. The number of carbonyl (C=O) groups excluding carboxylic acids is 1. The van der Waals surface area contributed by atoms with Crippen LogP contribution in [0.1, 0.15) is 32.3 Å². The van der Waals surface area contributed by atoms with Crippen molar-refractivity contribution in [3.05, 3.63) is 48.0 Å². The summed E-state index contributed by atoms with van der Waals surface area (Å²) in [6.07, 6.45) is 2.60. The molecule has 0 bridgehead atoms. The number of nitrogens with zero attached hydrogens (tertiary/aromatic N) is 1. The summed E-state index contributed by atoms with van der Waals surface area (Å²) in [6, 6.07) is 12.8. The molecule has 0 spiro atoms. The molecule has 7 nitrogen and oxygen atoms in total. The van der Waals surface area contributed by atoms with Gasteiger partial charge in [0, 0.05) is 11.6 Å². The van der Waals surface area contributed by atoms with Crippen LogP contribution in [-0.2, 0) is 4.79 Å². The monoisotopic (exact) mass is 398 g/mol. The van der Waals surface area contributed by atoms with Gasteiger partial charge in [-0.15, -0.1) is 0 Å². The minimum Gasteiger partial charge on any atom is -0.493 e. The van der Waals surface area contributed by atoms with Crippen LogP contribution in [0.4, 0.5) is 0 Å². The summed E-state index contributed by atoms with van der Waals surface area (Å²) in [5.74, 6) is 2.19. The molecule has 3 rings (SSSR count). The van der Waals surface area contributed by atoms with Crippen molar-refractivity contribution >= 4 is 12.1 Å². The van der Waals surface area contributed by atoms with Gasteiger partial charge in [-0.1, -0.05) is 26.0 Å². The number of carbonyl (C=O) groups is 1. The van der Waals surface area contributed by atoms with E-state index in [1.165, 1.54) is 0 Å². The SMILES string of the molecule is CCCOc1ccc(/C=N\NC(=O)[C@@H]2COc3ccccc3O2)c(OCCC)c1. The lowest BCUT2D eigenvalue weighted by Gasteiger charge is -2.24. The topological polar surface area (TPSA) is 78.4 Å². The maximum absolute atomic E-state index is 12.3. The van der Waals surface area contributed by atoms with Crippen LogP contribution in [0.15, 0.2) is 47.6 Å². The fraction of sp³-hybridized carbons (Fsp3) is 0.364. The van der Waals surface area contributed by atoms with Crippen molar-refractivity contribution in [3.8, 4) is 23.0 Å². The van der Waals surface area contributed by atoms with Gasteiger partial charge in [-0.3, -0.25) is 4.79 Å². The van der Waals surface area contributed by atoms with E-state index >= 15 is 0 Å². The lowest BCUT2D eigenvalue weighted by atomic mass is 10.2. The molecule has 29 heavy (non-hydrogen) atoms. The maximum atomic E-state index is 12.3. The predicted octanol–water partition coefficient (Wildman–Crippen LogP) is 3.55. The first-order valence-electron chi connectivity index (χ1n) is 9.82. The van der Waals surface area contributed by atoms with Gasteiger partial charge in [-0.25, -0.2) is 5.43 Å². The van der Waals surface area contributed by atoms with Crippen molar-refractivity contribution < 1.29 is 23.7 Å². The number of benzene rings is 2. The number of nitrogens with one attached hydrogen (secondary N) is 1. The molecule has 1 atom stereocenters. The third-order valence-corrected chi connectivity index (χ3v) is 4.10. The van der Waals surface area contributed by atoms with E-state index in [1.807, 2.05) is 37.3 Å². The van der Waals surface area contributed by atoms with Crippen LogP contribution in [0.5, 0.6) is 23.0 Å². The molecule has 2 aromatic carbocycles. The highest BCUT2D eigenvalue weighted by Crippen LogP contribution is 2.30. The van der Waals surface area contributed by atoms with Crippen LogP contribution in [0.3, 0.4) is 0 Å². The Kier molecular flexibility index (Phi) is 7.33. The van der Waals surface area contributed by atoms with Gasteiger partial charge in [0.15, 0.2) is 11.5 Å². The standard InChI is InChI=1S/C22H26N2O5/c1-3-11-26-17-10-9-16(20(13-17)27-12-4-2)14-23-24-22(25)21-15-28-18-7-5-6-8-19(18)29-21/h5-10,13-14,21H,3-4,11-12,15H2,1-2H3,(H,24,25)/b23-14-/t21-/m0/s1. The molecule has 0 aliphatic carbocycles. The normalized spacial score (nSPS) is 15.2. The van der Waals surface area contributed by atoms with Crippen molar-refractivity contribution in [1.29, 1.82) is 0 Å². The second kappa shape index (κ2) is 10.4. The zero-order chi connectivity index (χ0) is 20.5. The first kappa shape index (κ1) is 20.5. The molecule has 1 N–H and O–H groups in total. The third kappa shape index (κ3) is 5.63. The maximum Gasteiger partial charge on any atom is 0.284 e. The largest absolute Gasteiger partial charge is 0.493 e. The summed E-state index contributed by atoms with van der Waals surface area (Å²) in [5.41, 5.74) is 3.25. The first-order valence-corrected chi connectivity index (χ1v) is 9.82. The molecule has 1 aliphatic rings. The average Bonchev–Trinajstić information content (AvgIpc) is 2.76. The molecule has 1 aliphatic heterocycles. The number of para-hydroxylation sites is 2. The Labute approximate surface area is 170 Å². The summed E-state index contributed by atoms with van der Waals surface area (Å²) in [4.78, 5) is 12.3. The zero-order valence-corrected chi connectivity index (χ0v) is 16.7. The molecule has 1 amide bonds. The van der Waals surface area contributed by atoms with E-state index in [9.17, 15) is 4.79 Å². The highest BCUT2D eigenvalue weighted by molar-refractivity contribution is 5.87. The lowest BCUT2D eigenvalue weighted by Crippen LogP contribution is -2.42. The number of hydrazone groups is 1. The number of ether oxygens (including phenoxy) is 4. The number of hydrogen-bond acceptors (Lipinski definition) is 6. The first-order chi connectivity index (χ1) is 14.2. The van der Waals surface area contributed by atoms with Crippen molar-refractivity contribution in [1.82, 2.24) is 5.43 Å². The summed E-state index contributed by atoms with van der Waals surface area (Å²) in [7, 11) is 0. The van der Waals surface area contributed by atoms with Crippen molar-refractivity contribution in [2.75, 3.05) is 19.8 Å². The van der Waals surface area contributed by atoms with E-state index in [0.717, 1.165) is 24.2 Å². The molecular formula is C22H26N2O5. The zero-order valence-electron chi connectivity index (χ0n) is 16.7. The van der Waals surface area contributed by atoms with Crippen LogP contribution < -0.4 is 24.4 Å². The van der Waals surface area contributed by atoms with Gasteiger partial charge < -0.3 is 18.9 Å². The Bertz CT molecular complexity index is 853. The van der Waals surface area contributed by atoms with Crippen LogP contribution in [-0.4, -0.2) is 38.0 Å². The fourth-order valence-corrected chi connectivity index (χ4v) is 2.65. The summed E-state index contributed by atoms with van der Waals surface area (Å²) < 4.78 is 22.7. The third-order valence-electron chi connectivity index (χ3n) is 4.10. The van der Waals surface area contributed by atoms with Crippen molar-refractivity contribution in [3.63, 3.8) is 0 Å². The summed E-state index contributed by atoms with van der Waals surface area (Å²) >= 11 is 0. The van der Waals surface area contributed by atoms with Crippen LogP contribution >= 0.6 is 0 Å². The van der Waals surface area contributed by atoms with Crippen molar-refractivity contribution in [2.45, 2.75) is 32.8 Å². The smallest absolute Gasteiger partial charge is 0.284 e. The molecule has 154 valence electrons. The van der Waals surface area contributed by atoms with Crippen LogP contribution in [0, 0.1) is 0 Å². The van der Waals surface area contributed by atoms with E-state index in [0.29, 0.717) is 30.5 Å². The minimum atomic E-state index is -0.761. The highest BCUT2D eigenvalue weighted by atomic mass is 16.6. The van der Waals surface area contributed by atoms with E-state index in [1.54, 1.807) is 18.3 Å². The molecule has 2 aromatic rings. The molecule has 7 heteroatoms. The van der Waals surface area contributed by atoms with Crippen LogP contribution in [0.2, 0.25) is 0 Å². The molecule has 0 saturated heterocycles. The number of fused-ring (bicyclic) bond motifs is 1. The fourth-order valence-electron chi connectivity index (χ4n) is 2.65. The molecule has 0 fully saturated rings. The van der Waals surface area contributed by atoms with Gasteiger partial charge in [0.1, 0.15) is 18.1 Å². The summed E-state index contributed by atoms with van der Waals surface area (Å²) in [5, 5.41) is 4.05. The Morgan fingerprint density at radius 1 is 1.14 bits per heavy atom. The lowest BCUT2D eigenvalue weighted by molar-refractivity contribution is -0.130. The molecule has 0 radical (unpaired) electrons. The Balaban J connectivity index is 1.62. The second-order valence-electron chi connectivity index (χ2n) is 6.50. The quantitative estimate of drug-likeness (QED) is 0.516. The number of amides is 1. The molecular weight excluding hydrogens is 372 g/mol. The van der Waals surface area contributed by atoms with E-state index in [2.05, 4.69) is 17.5 Å². The predicted molar refractivity (Wildman–Crippen MR) is 110 cm³/mol.